The Morgan fingerprint density at radius 1 is 1.35 bits per heavy atom. The van der Waals surface area contributed by atoms with E-state index in [4.69, 9.17) is 4.74 Å². The molecule has 2 atom stereocenters. The maximum absolute atomic E-state index is 12.1. The number of hydrogen-bond acceptors (Lipinski definition) is 3. The number of hydrogen-bond donors (Lipinski definition) is 1. The van der Waals surface area contributed by atoms with Gasteiger partial charge in [-0.1, -0.05) is 0 Å². The Labute approximate surface area is 104 Å². The van der Waals surface area contributed by atoms with Gasteiger partial charge in [0.25, 0.3) is 0 Å². The van der Waals surface area contributed by atoms with Gasteiger partial charge < -0.3 is 15.0 Å². The third-order valence-corrected chi connectivity index (χ3v) is 3.86. The second-order valence-corrected chi connectivity index (χ2v) is 4.99. The zero-order valence-corrected chi connectivity index (χ0v) is 10.8. The smallest absolute Gasteiger partial charge is 0.248 e. The monoisotopic (exact) mass is 240 g/mol. The molecule has 2 aliphatic heterocycles. The summed E-state index contributed by atoms with van der Waals surface area (Å²) >= 11 is 0. The summed E-state index contributed by atoms with van der Waals surface area (Å²) in [6.45, 7) is 4.81. The molecule has 2 fully saturated rings. The van der Waals surface area contributed by atoms with Crippen molar-refractivity contribution in [2.24, 2.45) is 0 Å². The van der Waals surface area contributed by atoms with Crippen molar-refractivity contribution in [2.75, 3.05) is 26.3 Å². The van der Waals surface area contributed by atoms with Gasteiger partial charge in [0.05, 0.1) is 0 Å². The molecule has 17 heavy (non-hydrogen) atoms. The highest BCUT2D eigenvalue weighted by molar-refractivity contribution is 5.78. The fraction of sp³-hybridized carbons (Fsp3) is 0.923. The van der Waals surface area contributed by atoms with Crippen molar-refractivity contribution in [3.05, 3.63) is 0 Å². The third kappa shape index (κ3) is 3.19. The highest BCUT2D eigenvalue weighted by Crippen LogP contribution is 2.24. The maximum Gasteiger partial charge on any atom is 0.248 e. The van der Waals surface area contributed by atoms with Crippen molar-refractivity contribution in [2.45, 2.75) is 51.1 Å². The molecular weight excluding hydrogens is 216 g/mol. The van der Waals surface area contributed by atoms with Crippen LogP contribution >= 0.6 is 0 Å². The molecule has 0 aromatic heterocycles. The van der Waals surface area contributed by atoms with Gasteiger partial charge in [0.15, 0.2) is 0 Å². The lowest BCUT2D eigenvalue weighted by Crippen LogP contribution is -2.53. The molecule has 0 radical (unpaired) electrons. The number of ether oxygens (including phenoxy) is 1. The predicted molar refractivity (Wildman–Crippen MR) is 66.9 cm³/mol. The van der Waals surface area contributed by atoms with Crippen LogP contribution in [-0.4, -0.2) is 49.2 Å². The van der Waals surface area contributed by atoms with Crippen LogP contribution in [0.3, 0.4) is 0 Å². The molecule has 0 saturated carbocycles. The largest absolute Gasteiger partial charge is 0.372 e. The summed E-state index contributed by atoms with van der Waals surface area (Å²) in [4.78, 5) is 14.2. The Bertz CT molecular complexity index is 252. The standard InChI is InChI=1S/C13H24N2O2/c1-2-17-10-13(16)15-9-4-3-7-12(15)11-6-5-8-14-11/h11-12,14H,2-10H2,1H3. The minimum Gasteiger partial charge on any atom is -0.372 e. The second kappa shape index (κ2) is 6.36. The summed E-state index contributed by atoms with van der Waals surface area (Å²) in [5.74, 6) is 0.172. The first kappa shape index (κ1) is 12.8. The van der Waals surface area contributed by atoms with Gasteiger partial charge >= 0.3 is 0 Å². The van der Waals surface area contributed by atoms with Crippen LogP contribution in [0.2, 0.25) is 0 Å². The van der Waals surface area contributed by atoms with Crippen LogP contribution in [0.4, 0.5) is 0 Å². The zero-order valence-electron chi connectivity index (χ0n) is 10.8. The van der Waals surface area contributed by atoms with E-state index in [1.807, 2.05) is 6.92 Å². The van der Waals surface area contributed by atoms with Crippen molar-refractivity contribution < 1.29 is 9.53 Å². The van der Waals surface area contributed by atoms with Gasteiger partial charge in [0.1, 0.15) is 6.61 Å². The van der Waals surface area contributed by atoms with Crippen LogP contribution in [-0.2, 0) is 9.53 Å². The molecule has 1 N–H and O–H groups in total. The quantitative estimate of drug-likeness (QED) is 0.801. The van der Waals surface area contributed by atoms with E-state index in [-0.39, 0.29) is 12.5 Å². The molecule has 4 nitrogen and oxygen atoms in total. The number of amides is 1. The van der Waals surface area contributed by atoms with Crippen molar-refractivity contribution in [3.63, 3.8) is 0 Å². The number of likely N-dealkylation sites (tertiary alicyclic amines) is 1. The van der Waals surface area contributed by atoms with E-state index in [9.17, 15) is 4.79 Å². The summed E-state index contributed by atoms with van der Waals surface area (Å²) in [5.41, 5.74) is 0. The fourth-order valence-electron chi connectivity index (χ4n) is 3.00. The van der Waals surface area contributed by atoms with Crippen molar-refractivity contribution in [1.82, 2.24) is 10.2 Å². The predicted octanol–water partition coefficient (Wildman–Crippen LogP) is 1.16. The van der Waals surface area contributed by atoms with Gasteiger partial charge in [0.2, 0.25) is 5.91 Å². The lowest BCUT2D eigenvalue weighted by atomic mass is 9.94. The van der Waals surface area contributed by atoms with Gasteiger partial charge in [-0.05, 0) is 45.6 Å². The van der Waals surface area contributed by atoms with Crippen LogP contribution in [0.5, 0.6) is 0 Å². The highest BCUT2D eigenvalue weighted by atomic mass is 16.5. The molecule has 0 aromatic carbocycles. The summed E-state index contributed by atoms with van der Waals surface area (Å²) in [7, 11) is 0. The molecule has 98 valence electrons. The lowest BCUT2D eigenvalue weighted by molar-refractivity contribution is -0.140. The lowest BCUT2D eigenvalue weighted by Gasteiger charge is -2.39. The highest BCUT2D eigenvalue weighted by Gasteiger charge is 2.33. The van der Waals surface area contributed by atoms with Crippen LogP contribution < -0.4 is 5.32 Å². The summed E-state index contributed by atoms with van der Waals surface area (Å²) in [6, 6.07) is 0.917. The van der Waals surface area contributed by atoms with E-state index in [2.05, 4.69) is 10.2 Å². The Balaban J connectivity index is 1.93. The first-order valence-electron chi connectivity index (χ1n) is 6.93. The Kier molecular flexibility index (Phi) is 4.80. The molecule has 0 bridgehead atoms. The van der Waals surface area contributed by atoms with E-state index < -0.39 is 0 Å². The minimum absolute atomic E-state index is 0.172. The van der Waals surface area contributed by atoms with E-state index in [0.717, 1.165) is 25.9 Å². The van der Waals surface area contributed by atoms with Crippen LogP contribution in [0.25, 0.3) is 0 Å². The number of piperidine rings is 1. The minimum atomic E-state index is 0.172. The van der Waals surface area contributed by atoms with E-state index in [1.54, 1.807) is 0 Å². The molecule has 2 aliphatic rings. The van der Waals surface area contributed by atoms with Gasteiger partial charge in [-0.15, -0.1) is 0 Å². The molecule has 2 heterocycles. The normalized spacial score (nSPS) is 29.6. The molecule has 4 heteroatoms. The fourth-order valence-corrected chi connectivity index (χ4v) is 3.00. The Morgan fingerprint density at radius 2 is 2.24 bits per heavy atom. The maximum atomic E-state index is 12.1. The third-order valence-electron chi connectivity index (χ3n) is 3.86. The second-order valence-electron chi connectivity index (χ2n) is 4.99. The molecule has 0 spiro atoms. The van der Waals surface area contributed by atoms with Gasteiger partial charge in [-0.3, -0.25) is 4.79 Å². The number of carbonyl (C=O) groups is 1. The van der Waals surface area contributed by atoms with Gasteiger partial charge in [0, 0.05) is 25.2 Å². The SMILES string of the molecule is CCOCC(=O)N1CCCCC1C1CCCN1. The van der Waals surface area contributed by atoms with Crippen molar-refractivity contribution in [1.29, 1.82) is 0 Å². The first-order chi connectivity index (χ1) is 8.33. The van der Waals surface area contributed by atoms with E-state index in [1.165, 1.54) is 19.3 Å². The van der Waals surface area contributed by atoms with Crippen LogP contribution in [0, 0.1) is 0 Å². The average molecular weight is 240 g/mol. The average Bonchev–Trinajstić information content (AvgIpc) is 2.89. The van der Waals surface area contributed by atoms with E-state index >= 15 is 0 Å². The number of nitrogens with one attached hydrogen (secondary N) is 1. The molecule has 2 saturated heterocycles. The zero-order chi connectivity index (χ0) is 12.1. The van der Waals surface area contributed by atoms with E-state index in [0.29, 0.717) is 18.7 Å². The topological polar surface area (TPSA) is 41.6 Å². The summed E-state index contributed by atoms with van der Waals surface area (Å²) in [5, 5.41) is 3.53. The molecule has 1 amide bonds. The molecule has 2 rings (SSSR count). The van der Waals surface area contributed by atoms with Crippen molar-refractivity contribution >= 4 is 5.91 Å². The molecule has 0 aliphatic carbocycles. The molecular formula is C13H24N2O2. The van der Waals surface area contributed by atoms with Gasteiger partial charge in [-0.2, -0.15) is 0 Å². The molecule has 0 aromatic rings. The number of carbonyl (C=O) groups excluding carboxylic acids is 1. The number of rotatable bonds is 4. The van der Waals surface area contributed by atoms with Crippen molar-refractivity contribution in [3.8, 4) is 0 Å². The summed E-state index contributed by atoms with van der Waals surface area (Å²) < 4.78 is 5.25. The van der Waals surface area contributed by atoms with Gasteiger partial charge in [-0.25, -0.2) is 0 Å². The van der Waals surface area contributed by atoms with Crippen LogP contribution in [0.1, 0.15) is 39.0 Å². The summed E-state index contributed by atoms with van der Waals surface area (Å²) in [6.07, 6.45) is 6.00. The Morgan fingerprint density at radius 3 is 2.94 bits per heavy atom. The first-order valence-corrected chi connectivity index (χ1v) is 6.93. The van der Waals surface area contributed by atoms with Crippen LogP contribution in [0.15, 0.2) is 0 Å². The number of nitrogens with zero attached hydrogens (tertiary/aromatic N) is 1. The molecule has 2 unspecified atom stereocenters. The Hall–Kier alpha value is -0.610.